The molecule has 5 heteroatoms. The van der Waals surface area contributed by atoms with Crippen LogP contribution in [0.3, 0.4) is 0 Å². The zero-order chi connectivity index (χ0) is 25.6. The molecule has 0 radical (unpaired) electrons. The van der Waals surface area contributed by atoms with Crippen molar-refractivity contribution in [3.8, 4) is 5.75 Å². The highest BCUT2D eigenvalue weighted by atomic mass is 16.5. The van der Waals surface area contributed by atoms with Crippen LogP contribution in [0.25, 0.3) is 0 Å². The van der Waals surface area contributed by atoms with Gasteiger partial charge in [0.2, 0.25) is 0 Å². The summed E-state index contributed by atoms with van der Waals surface area (Å²) in [4.78, 5) is 15.2. The minimum Gasteiger partial charge on any atom is -0.488 e. The van der Waals surface area contributed by atoms with Gasteiger partial charge in [-0.25, -0.2) is 4.98 Å². The maximum absolute atomic E-state index is 5.92. The third kappa shape index (κ3) is 5.66. The lowest BCUT2D eigenvalue weighted by Gasteiger charge is -2.42. The molecule has 1 unspecified atom stereocenters. The molecule has 192 valence electrons. The summed E-state index contributed by atoms with van der Waals surface area (Å²) in [7, 11) is 0. The van der Waals surface area contributed by atoms with Gasteiger partial charge in [0.15, 0.2) is 11.6 Å². The summed E-state index contributed by atoms with van der Waals surface area (Å²) < 4.78 is 5.92. The van der Waals surface area contributed by atoms with E-state index in [1.165, 1.54) is 22.6 Å². The first kappa shape index (κ1) is 25.9. The molecule has 0 spiro atoms. The summed E-state index contributed by atoms with van der Waals surface area (Å²) in [5.41, 5.74) is 5.26. The van der Waals surface area contributed by atoms with Gasteiger partial charge in [0.05, 0.1) is 12.2 Å². The van der Waals surface area contributed by atoms with Crippen LogP contribution in [-0.4, -0.2) is 45.6 Å². The minimum absolute atomic E-state index is 0.0286. The fourth-order valence-corrected chi connectivity index (χ4v) is 5.26. The van der Waals surface area contributed by atoms with E-state index in [1.807, 2.05) is 0 Å². The minimum atomic E-state index is 0.0286. The van der Waals surface area contributed by atoms with E-state index in [0.29, 0.717) is 5.92 Å². The Morgan fingerprint density at radius 3 is 2.37 bits per heavy atom. The van der Waals surface area contributed by atoms with E-state index in [0.717, 1.165) is 57.1 Å². The predicted molar refractivity (Wildman–Crippen MR) is 146 cm³/mol. The zero-order valence-electron chi connectivity index (χ0n) is 23.5. The van der Waals surface area contributed by atoms with Crippen LogP contribution < -0.4 is 9.64 Å². The van der Waals surface area contributed by atoms with Gasteiger partial charge < -0.3 is 9.64 Å². The van der Waals surface area contributed by atoms with E-state index in [-0.39, 0.29) is 16.5 Å². The lowest BCUT2D eigenvalue weighted by molar-refractivity contribution is 0.0901. The van der Waals surface area contributed by atoms with Gasteiger partial charge in [-0.1, -0.05) is 33.8 Å². The Morgan fingerprint density at radius 1 is 0.943 bits per heavy atom. The molecule has 5 nitrogen and oxygen atoms in total. The van der Waals surface area contributed by atoms with Crippen LogP contribution in [0.2, 0.25) is 0 Å². The molecule has 35 heavy (non-hydrogen) atoms. The third-order valence-electron chi connectivity index (χ3n) is 7.88. The molecule has 2 aliphatic heterocycles. The Kier molecular flexibility index (Phi) is 6.95. The molecule has 0 amide bonds. The number of nitrogens with zero attached hydrogens (tertiary/aromatic N) is 4. The monoisotopic (exact) mass is 478 g/mol. The van der Waals surface area contributed by atoms with Gasteiger partial charge >= 0.3 is 0 Å². The SMILES string of the molecule is CC(CCC(C)(C)N1CCc2ccc(C(C)(C)C)nc2C1)c1ccc2c(n1)N(C(C)(C)C)CCO2. The number of rotatable bonds is 5. The van der Waals surface area contributed by atoms with Crippen LogP contribution in [0.15, 0.2) is 24.3 Å². The van der Waals surface area contributed by atoms with Gasteiger partial charge in [-0.05, 0) is 83.6 Å². The van der Waals surface area contributed by atoms with Crippen molar-refractivity contribution < 1.29 is 4.74 Å². The second-order valence-corrected chi connectivity index (χ2v) is 13.2. The Hall–Kier alpha value is -2.14. The first-order chi connectivity index (χ1) is 16.3. The summed E-state index contributed by atoms with van der Waals surface area (Å²) >= 11 is 0. The number of fused-ring (bicyclic) bond motifs is 2. The molecule has 0 saturated carbocycles. The highest BCUT2D eigenvalue weighted by Gasteiger charge is 2.33. The fourth-order valence-electron chi connectivity index (χ4n) is 5.26. The van der Waals surface area contributed by atoms with Crippen LogP contribution in [0.1, 0.15) is 104 Å². The van der Waals surface area contributed by atoms with E-state index in [1.54, 1.807) is 0 Å². The molecular formula is C30H46N4O. The van der Waals surface area contributed by atoms with E-state index in [9.17, 15) is 0 Å². The molecule has 0 N–H and O–H groups in total. The number of aromatic nitrogens is 2. The smallest absolute Gasteiger partial charge is 0.172 e. The Balaban J connectivity index is 1.44. The second-order valence-electron chi connectivity index (χ2n) is 13.2. The Labute approximate surface area is 213 Å². The van der Waals surface area contributed by atoms with E-state index >= 15 is 0 Å². The molecular weight excluding hydrogens is 432 g/mol. The van der Waals surface area contributed by atoms with Crippen LogP contribution in [0, 0.1) is 0 Å². The van der Waals surface area contributed by atoms with Gasteiger partial charge in [-0.3, -0.25) is 9.88 Å². The van der Waals surface area contributed by atoms with Crippen LogP contribution in [0.5, 0.6) is 5.75 Å². The van der Waals surface area contributed by atoms with Gasteiger partial charge in [0.25, 0.3) is 0 Å². The summed E-state index contributed by atoms with van der Waals surface area (Å²) in [6, 6.07) is 8.81. The molecule has 2 aliphatic rings. The number of ether oxygens (including phenoxy) is 1. The topological polar surface area (TPSA) is 41.5 Å². The average molecular weight is 479 g/mol. The standard InChI is InChI=1S/C30H46N4O/c1-21(23-11-12-25-27(32-23)34(18-19-35-25)29(5,6)7)14-16-30(8,9)33-17-15-22-10-13-26(28(2,3)4)31-24(22)20-33/h10-13,21H,14-20H2,1-9H3. The maximum Gasteiger partial charge on any atom is 0.172 e. The van der Waals surface area contributed by atoms with Crippen LogP contribution >= 0.6 is 0 Å². The number of hydrogen-bond donors (Lipinski definition) is 0. The fraction of sp³-hybridized carbons (Fsp3) is 0.667. The molecule has 0 bridgehead atoms. The van der Waals surface area contributed by atoms with Crippen molar-refractivity contribution >= 4 is 5.82 Å². The van der Waals surface area contributed by atoms with Gasteiger partial charge in [0.1, 0.15) is 6.61 Å². The molecule has 4 rings (SSSR count). The van der Waals surface area contributed by atoms with Crippen molar-refractivity contribution in [2.45, 2.75) is 111 Å². The second kappa shape index (κ2) is 9.38. The lowest BCUT2D eigenvalue weighted by atomic mass is 9.87. The Morgan fingerprint density at radius 2 is 1.69 bits per heavy atom. The van der Waals surface area contributed by atoms with Crippen molar-refractivity contribution in [1.29, 1.82) is 0 Å². The molecule has 4 heterocycles. The molecule has 1 atom stereocenters. The van der Waals surface area contributed by atoms with E-state index in [2.05, 4.69) is 96.4 Å². The van der Waals surface area contributed by atoms with E-state index < -0.39 is 0 Å². The lowest BCUT2D eigenvalue weighted by Crippen LogP contribution is -2.47. The molecule has 2 aromatic rings. The highest BCUT2D eigenvalue weighted by molar-refractivity contribution is 5.56. The number of anilines is 1. The predicted octanol–water partition coefficient (Wildman–Crippen LogP) is 6.49. The number of hydrogen-bond acceptors (Lipinski definition) is 5. The maximum atomic E-state index is 5.92. The van der Waals surface area contributed by atoms with Crippen molar-refractivity contribution in [2.24, 2.45) is 0 Å². The summed E-state index contributed by atoms with van der Waals surface area (Å²) in [5.74, 6) is 2.31. The summed E-state index contributed by atoms with van der Waals surface area (Å²) in [6.07, 6.45) is 3.31. The molecule has 2 aromatic heterocycles. The van der Waals surface area contributed by atoms with Gasteiger partial charge in [-0.2, -0.15) is 0 Å². The average Bonchev–Trinajstić information content (AvgIpc) is 2.80. The van der Waals surface area contributed by atoms with Gasteiger partial charge in [-0.15, -0.1) is 0 Å². The molecule has 0 saturated heterocycles. The number of pyridine rings is 2. The molecule has 0 fully saturated rings. The van der Waals surface area contributed by atoms with Crippen LogP contribution in [-0.2, 0) is 18.4 Å². The van der Waals surface area contributed by atoms with Crippen molar-refractivity contribution in [1.82, 2.24) is 14.9 Å². The highest BCUT2D eigenvalue weighted by Crippen LogP contribution is 2.37. The summed E-state index contributed by atoms with van der Waals surface area (Å²) in [5, 5.41) is 0. The normalized spacial score (nSPS) is 18.0. The van der Waals surface area contributed by atoms with Crippen molar-refractivity contribution in [2.75, 3.05) is 24.6 Å². The third-order valence-corrected chi connectivity index (χ3v) is 7.88. The summed E-state index contributed by atoms with van der Waals surface area (Å²) in [6.45, 7) is 24.2. The Bertz CT molecular complexity index is 1050. The molecule has 0 aliphatic carbocycles. The van der Waals surface area contributed by atoms with Crippen LogP contribution in [0.4, 0.5) is 5.82 Å². The van der Waals surface area contributed by atoms with E-state index in [4.69, 9.17) is 14.7 Å². The van der Waals surface area contributed by atoms with Crippen molar-refractivity contribution in [3.63, 3.8) is 0 Å². The first-order valence-electron chi connectivity index (χ1n) is 13.4. The first-order valence-corrected chi connectivity index (χ1v) is 13.4. The van der Waals surface area contributed by atoms with Gasteiger partial charge in [0, 0.05) is 41.0 Å². The van der Waals surface area contributed by atoms with Crippen molar-refractivity contribution in [3.05, 3.63) is 46.9 Å². The zero-order valence-corrected chi connectivity index (χ0v) is 23.5. The quantitative estimate of drug-likeness (QED) is 0.491. The largest absolute Gasteiger partial charge is 0.488 e. The molecule has 0 aromatic carbocycles.